The number of rotatable bonds is 2. The zero-order valence-corrected chi connectivity index (χ0v) is 6.43. The van der Waals surface area contributed by atoms with Crippen molar-refractivity contribution in [2.24, 2.45) is 0 Å². The predicted octanol–water partition coefficient (Wildman–Crippen LogP) is 0.359. The monoisotopic (exact) mass is 165 g/mol. The molecule has 0 fully saturated rings. The summed E-state index contributed by atoms with van der Waals surface area (Å²) in [5.41, 5.74) is 0.196. The van der Waals surface area contributed by atoms with Crippen LogP contribution < -0.4 is 0 Å². The molecule has 1 heterocycles. The molecule has 0 aliphatic heterocycles. The molecule has 0 amide bonds. The number of carboxylic acid groups (broad SMARTS) is 1. The van der Waals surface area contributed by atoms with Gasteiger partial charge in [-0.1, -0.05) is 0 Å². The number of carbonyl (C=O) groups is 1. The Morgan fingerprint density at radius 3 is 2.58 bits per heavy atom. The summed E-state index contributed by atoms with van der Waals surface area (Å²) in [6.45, 7) is 1.48. The van der Waals surface area contributed by atoms with Crippen LogP contribution in [0.25, 0.3) is 6.08 Å². The summed E-state index contributed by atoms with van der Waals surface area (Å²) < 4.78 is 0. The lowest BCUT2D eigenvalue weighted by molar-refractivity contribution is -0.132. The molecule has 5 heteroatoms. The van der Waals surface area contributed by atoms with Crippen molar-refractivity contribution in [3.63, 3.8) is 0 Å². The van der Waals surface area contributed by atoms with Crippen molar-refractivity contribution in [3.05, 3.63) is 24.1 Å². The maximum absolute atomic E-state index is 10.4. The molecule has 5 nitrogen and oxygen atoms in total. The highest BCUT2D eigenvalue weighted by atomic mass is 16.4. The smallest absolute Gasteiger partial charge is 0.331 e. The van der Waals surface area contributed by atoms with Crippen LogP contribution in [0.1, 0.15) is 12.7 Å². The maximum atomic E-state index is 10.4. The van der Waals surface area contributed by atoms with Gasteiger partial charge in [0.2, 0.25) is 0 Å². The first-order valence-corrected chi connectivity index (χ1v) is 3.24. The molecule has 0 saturated carbocycles. The zero-order chi connectivity index (χ0) is 8.97. The highest BCUT2D eigenvalue weighted by molar-refractivity contribution is 5.90. The van der Waals surface area contributed by atoms with Crippen LogP contribution in [-0.4, -0.2) is 26.0 Å². The molecule has 0 atom stereocenters. The highest BCUT2D eigenvalue weighted by Crippen LogP contribution is 1.98. The molecule has 62 valence electrons. The molecular formula is C7H7N3O2. The fourth-order valence-corrected chi connectivity index (χ4v) is 0.578. The van der Waals surface area contributed by atoms with Gasteiger partial charge in [0.25, 0.3) is 0 Å². The fraction of sp³-hybridized carbons (Fsp3) is 0.143. The summed E-state index contributed by atoms with van der Waals surface area (Å²) >= 11 is 0. The van der Waals surface area contributed by atoms with Crippen molar-refractivity contribution in [1.29, 1.82) is 0 Å². The van der Waals surface area contributed by atoms with Gasteiger partial charge in [0.1, 0.15) is 12.7 Å². The van der Waals surface area contributed by atoms with Crippen LogP contribution in [0.4, 0.5) is 0 Å². The Labute approximate surface area is 68.8 Å². The van der Waals surface area contributed by atoms with Crippen molar-refractivity contribution in [2.75, 3.05) is 0 Å². The molecule has 0 saturated heterocycles. The Morgan fingerprint density at radius 2 is 2.08 bits per heavy atom. The van der Waals surface area contributed by atoms with Gasteiger partial charge in [-0.3, -0.25) is 0 Å². The van der Waals surface area contributed by atoms with E-state index < -0.39 is 5.97 Å². The van der Waals surface area contributed by atoms with Crippen LogP contribution in [0.2, 0.25) is 0 Å². The van der Waals surface area contributed by atoms with Crippen molar-refractivity contribution < 1.29 is 9.90 Å². The molecular weight excluding hydrogens is 158 g/mol. The Bertz CT molecular complexity index is 308. The second kappa shape index (κ2) is 3.56. The van der Waals surface area contributed by atoms with Crippen LogP contribution >= 0.6 is 0 Å². The molecule has 0 spiro atoms. The van der Waals surface area contributed by atoms with Crippen molar-refractivity contribution >= 4 is 12.0 Å². The molecule has 1 N–H and O–H groups in total. The van der Waals surface area contributed by atoms with Crippen molar-refractivity contribution in [1.82, 2.24) is 15.0 Å². The van der Waals surface area contributed by atoms with Gasteiger partial charge < -0.3 is 5.11 Å². The highest BCUT2D eigenvalue weighted by Gasteiger charge is 1.99. The number of hydrogen-bond acceptors (Lipinski definition) is 4. The molecule has 12 heavy (non-hydrogen) atoms. The van der Waals surface area contributed by atoms with E-state index in [9.17, 15) is 4.79 Å². The predicted molar refractivity (Wildman–Crippen MR) is 41.1 cm³/mol. The average molecular weight is 165 g/mol. The van der Waals surface area contributed by atoms with Gasteiger partial charge in [-0.15, -0.1) is 0 Å². The summed E-state index contributed by atoms with van der Waals surface area (Å²) in [6.07, 6.45) is 4.01. The standard InChI is InChI=1S/C7H7N3O2/c1-5(7(11)12)2-6-9-3-8-4-10-6/h2-4H,1H3,(H,11,12). The molecule has 0 radical (unpaired) electrons. The van der Waals surface area contributed by atoms with Gasteiger partial charge in [-0.2, -0.15) is 0 Å². The average Bonchev–Trinajstić information content (AvgIpc) is 2.06. The van der Waals surface area contributed by atoms with E-state index in [1.54, 1.807) is 0 Å². The lowest BCUT2D eigenvalue weighted by atomic mass is 10.3. The first kappa shape index (κ1) is 8.32. The molecule has 1 aromatic rings. The minimum Gasteiger partial charge on any atom is -0.478 e. The second-order valence-corrected chi connectivity index (χ2v) is 2.13. The molecule has 1 rings (SSSR count). The third-order valence-electron chi connectivity index (χ3n) is 1.20. The largest absolute Gasteiger partial charge is 0.478 e. The van der Waals surface area contributed by atoms with Crippen LogP contribution in [0.3, 0.4) is 0 Å². The Hall–Kier alpha value is -1.78. The van der Waals surface area contributed by atoms with Gasteiger partial charge in [-0.05, 0) is 13.0 Å². The molecule has 0 aliphatic rings. The third kappa shape index (κ3) is 2.12. The summed E-state index contributed by atoms with van der Waals surface area (Å²) in [7, 11) is 0. The van der Waals surface area contributed by atoms with E-state index in [1.165, 1.54) is 25.7 Å². The van der Waals surface area contributed by atoms with Gasteiger partial charge in [-0.25, -0.2) is 19.7 Å². The van der Waals surface area contributed by atoms with Crippen molar-refractivity contribution in [3.8, 4) is 0 Å². The molecule has 0 aromatic carbocycles. The quantitative estimate of drug-likeness (QED) is 0.640. The number of carboxylic acids is 1. The van der Waals surface area contributed by atoms with Gasteiger partial charge >= 0.3 is 5.97 Å². The summed E-state index contributed by atoms with van der Waals surface area (Å²) in [6, 6.07) is 0. The molecule has 0 bridgehead atoms. The normalized spacial score (nSPS) is 11.2. The fourth-order valence-electron chi connectivity index (χ4n) is 0.578. The number of aliphatic carboxylic acids is 1. The zero-order valence-electron chi connectivity index (χ0n) is 6.43. The van der Waals surface area contributed by atoms with Crippen LogP contribution in [0.5, 0.6) is 0 Å². The van der Waals surface area contributed by atoms with Crippen LogP contribution in [0.15, 0.2) is 18.2 Å². The lowest BCUT2D eigenvalue weighted by Crippen LogP contribution is -1.97. The minimum absolute atomic E-state index is 0.196. The number of aromatic nitrogens is 3. The molecule has 0 unspecified atom stereocenters. The Morgan fingerprint density at radius 1 is 1.50 bits per heavy atom. The SMILES string of the molecule is CC(=Cc1ncncn1)C(=O)O. The summed E-state index contributed by atoms with van der Waals surface area (Å²) in [5.74, 6) is -0.625. The van der Waals surface area contributed by atoms with E-state index in [4.69, 9.17) is 5.11 Å². The minimum atomic E-state index is -0.976. The van der Waals surface area contributed by atoms with Crippen LogP contribution in [-0.2, 0) is 4.79 Å². The first-order chi connectivity index (χ1) is 5.70. The van der Waals surface area contributed by atoms with Gasteiger partial charge in [0.15, 0.2) is 5.82 Å². The van der Waals surface area contributed by atoms with E-state index in [1.807, 2.05) is 0 Å². The van der Waals surface area contributed by atoms with Crippen molar-refractivity contribution in [2.45, 2.75) is 6.92 Å². The Kier molecular flexibility index (Phi) is 2.47. The third-order valence-corrected chi connectivity index (χ3v) is 1.20. The topological polar surface area (TPSA) is 76.0 Å². The van der Waals surface area contributed by atoms with E-state index in [0.29, 0.717) is 5.82 Å². The Balaban J connectivity index is 2.89. The number of hydrogen-bond donors (Lipinski definition) is 1. The summed E-state index contributed by atoms with van der Waals surface area (Å²) in [5, 5.41) is 8.50. The van der Waals surface area contributed by atoms with Gasteiger partial charge in [0.05, 0.1) is 0 Å². The molecule has 0 aliphatic carbocycles. The summed E-state index contributed by atoms with van der Waals surface area (Å²) in [4.78, 5) is 21.4. The second-order valence-electron chi connectivity index (χ2n) is 2.13. The maximum Gasteiger partial charge on any atom is 0.331 e. The first-order valence-electron chi connectivity index (χ1n) is 3.24. The van der Waals surface area contributed by atoms with Crippen LogP contribution in [0, 0.1) is 0 Å². The van der Waals surface area contributed by atoms with E-state index >= 15 is 0 Å². The lowest BCUT2D eigenvalue weighted by Gasteiger charge is -1.91. The van der Waals surface area contributed by atoms with E-state index in [0.717, 1.165) is 0 Å². The molecule has 1 aromatic heterocycles. The van der Waals surface area contributed by atoms with E-state index in [2.05, 4.69) is 15.0 Å². The van der Waals surface area contributed by atoms with E-state index in [-0.39, 0.29) is 5.57 Å². The van der Waals surface area contributed by atoms with Gasteiger partial charge in [0, 0.05) is 5.57 Å². The number of nitrogens with zero attached hydrogens (tertiary/aromatic N) is 3.